The quantitative estimate of drug-likeness (QED) is 0.832. The zero-order valence-electron chi connectivity index (χ0n) is 8.85. The lowest BCUT2D eigenvalue weighted by molar-refractivity contribution is 1.39. The molecule has 0 aliphatic carbocycles. The average molecular weight is 261 g/mol. The van der Waals surface area contributed by atoms with Gasteiger partial charge in [0, 0.05) is 15.5 Å². The first-order valence-corrected chi connectivity index (χ1v) is 6.12. The predicted molar refractivity (Wildman–Crippen MR) is 71.1 cm³/mol. The molecule has 84 valence electrons. The Kier molecular flexibility index (Phi) is 3.58. The van der Waals surface area contributed by atoms with Gasteiger partial charge in [-0.05, 0) is 30.3 Å². The number of nitriles is 1. The van der Waals surface area contributed by atoms with Gasteiger partial charge in [-0.1, -0.05) is 35.5 Å². The molecule has 0 aliphatic heterocycles. The number of halogens is 1. The summed E-state index contributed by atoms with van der Waals surface area (Å²) < 4.78 is 0. The number of benzene rings is 2. The lowest BCUT2D eigenvalue weighted by Crippen LogP contribution is -1.87. The van der Waals surface area contributed by atoms with Crippen molar-refractivity contribution in [2.75, 3.05) is 5.73 Å². The van der Waals surface area contributed by atoms with E-state index in [0.29, 0.717) is 10.6 Å². The van der Waals surface area contributed by atoms with E-state index >= 15 is 0 Å². The highest BCUT2D eigenvalue weighted by Gasteiger charge is 2.04. The van der Waals surface area contributed by atoms with Crippen molar-refractivity contribution in [1.29, 1.82) is 5.26 Å². The van der Waals surface area contributed by atoms with Crippen LogP contribution in [0.25, 0.3) is 0 Å². The fourth-order valence-corrected chi connectivity index (χ4v) is 2.54. The molecular weight excluding hydrogens is 252 g/mol. The molecule has 0 unspecified atom stereocenters. The molecule has 2 aromatic carbocycles. The zero-order valence-corrected chi connectivity index (χ0v) is 10.4. The lowest BCUT2D eigenvalue weighted by Gasteiger charge is -2.05. The van der Waals surface area contributed by atoms with Gasteiger partial charge >= 0.3 is 0 Å². The summed E-state index contributed by atoms with van der Waals surface area (Å²) >= 11 is 7.50. The van der Waals surface area contributed by atoms with Crippen molar-refractivity contribution in [2.24, 2.45) is 0 Å². The van der Waals surface area contributed by atoms with Gasteiger partial charge in [-0.15, -0.1) is 0 Å². The average Bonchev–Trinajstić information content (AvgIpc) is 2.32. The first-order chi connectivity index (χ1) is 8.20. The van der Waals surface area contributed by atoms with Crippen LogP contribution in [0.1, 0.15) is 5.56 Å². The second kappa shape index (κ2) is 5.13. The predicted octanol–water partition coefficient (Wildman–Crippen LogP) is 3.95. The topological polar surface area (TPSA) is 49.8 Å². The number of para-hydroxylation sites is 1. The standard InChI is InChI=1S/C13H9ClN2S/c14-11-7-10(6-5-9(11)8-15)17-13-4-2-1-3-12(13)16/h1-7H,16H2. The SMILES string of the molecule is N#Cc1ccc(Sc2ccccc2N)cc1Cl. The highest BCUT2D eigenvalue weighted by Crippen LogP contribution is 2.33. The summed E-state index contributed by atoms with van der Waals surface area (Å²) in [5.41, 5.74) is 7.07. The molecule has 2 rings (SSSR count). The molecule has 2 nitrogen and oxygen atoms in total. The van der Waals surface area contributed by atoms with Crippen molar-refractivity contribution < 1.29 is 0 Å². The summed E-state index contributed by atoms with van der Waals surface area (Å²) in [6, 6.07) is 15.0. The van der Waals surface area contributed by atoms with Crippen molar-refractivity contribution in [3.8, 4) is 6.07 Å². The Bertz CT molecular complexity index is 590. The number of nitrogen functional groups attached to an aromatic ring is 1. The zero-order chi connectivity index (χ0) is 12.3. The van der Waals surface area contributed by atoms with Gasteiger partial charge in [0.1, 0.15) is 6.07 Å². The first kappa shape index (κ1) is 11.8. The van der Waals surface area contributed by atoms with Gasteiger partial charge in [-0.2, -0.15) is 5.26 Å². The van der Waals surface area contributed by atoms with Crippen LogP contribution in [0.3, 0.4) is 0 Å². The number of hydrogen-bond acceptors (Lipinski definition) is 3. The molecule has 4 heteroatoms. The monoisotopic (exact) mass is 260 g/mol. The summed E-state index contributed by atoms with van der Waals surface area (Å²) in [5.74, 6) is 0. The van der Waals surface area contributed by atoms with Crippen LogP contribution in [-0.4, -0.2) is 0 Å². The summed E-state index contributed by atoms with van der Waals surface area (Å²) in [6.45, 7) is 0. The van der Waals surface area contributed by atoms with Crippen molar-refractivity contribution in [1.82, 2.24) is 0 Å². The number of rotatable bonds is 2. The highest BCUT2D eigenvalue weighted by atomic mass is 35.5. The molecule has 0 saturated heterocycles. The molecule has 0 saturated carbocycles. The van der Waals surface area contributed by atoms with Gasteiger partial charge in [-0.25, -0.2) is 0 Å². The second-order valence-electron chi connectivity index (χ2n) is 3.39. The van der Waals surface area contributed by atoms with E-state index in [2.05, 4.69) is 0 Å². The molecule has 2 N–H and O–H groups in total. The summed E-state index contributed by atoms with van der Waals surface area (Å²) in [7, 11) is 0. The third-order valence-electron chi connectivity index (χ3n) is 2.21. The fourth-order valence-electron chi connectivity index (χ4n) is 1.35. The molecule has 0 spiro atoms. The van der Waals surface area contributed by atoms with Gasteiger partial charge in [0.25, 0.3) is 0 Å². The maximum atomic E-state index is 8.78. The number of hydrogen-bond donors (Lipinski definition) is 1. The minimum absolute atomic E-state index is 0.465. The van der Waals surface area contributed by atoms with Crippen LogP contribution < -0.4 is 5.73 Å². The van der Waals surface area contributed by atoms with E-state index in [-0.39, 0.29) is 0 Å². The smallest absolute Gasteiger partial charge is 0.101 e. The Hall–Kier alpha value is -1.63. The van der Waals surface area contributed by atoms with Crippen LogP contribution in [0.15, 0.2) is 52.3 Å². The van der Waals surface area contributed by atoms with Crippen LogP contribution >= 0.6 is 23.4 Å². The molecule has 0 atom stereocenters. The summed E-state index contributed by atoms with van der Waals surface area (Å²) in [4.78, 5) is 1.94. The van der Waals surface area contributed by atoms with E-state index in [1.807, 2.05) is 36.4 Å². The van der Waals surface area contributed by atoms with E-state index in [0.717, 1.165) is 15.5 Å². The van der Waals surface area contributed by atoms with Crippen molar-refractivity contribution in [3.63, 3.8) is 0 Å². The Labute approximate surface area is 109 Å². The van der Waals surface area contributed by atoms with E-state index in [1.165, 1.54) is 11.8 Å². The molecule has 0 bridgehead atoms. The summed E-state index contributed by atoms with van der Waals surface area (Å²) in [6.07, 6.45) is 0. The first-order valence-electron chi connectivity index (χ1n) is 4.92. The number of nitrogens with zero attached hydrogens (tertiary/aromatic N) is 1. The van der Waals surface area contributed by atoms with E-state index in [1.54, 1.807) is 12.1 Å². The minimum atomic E-state index is 0.465. The van der Waals surface area contributed by atoms with E-state index in [9.17, 15) is 0 Å². The third-order valence-corrected chi connectivity index (χ3v) is 3.60. The maximum absolute atomic E-state index is 8.78. The molecule has 17 heavy (non-hydrogen) atoms. The molecule has 0 heterocycles. The molecule has 0 radical (unpaired) electrons. The molecule has 0 fully saturated rings. The maximum Gasteiger partial charge on any atom is 0.101 e. The van der Waals surface area contributed by atoms with E-state index < -0.39 is 0 Å². The van der Waals surface area contributed by atoms with Crippen molar-refractivity contribution in [2.45, 2.75) is 9.79 Å². The van der Waals surface area contributed by atoms with Gasteiger partial charge < -0.3 is 5.73 Å². The van der Waals surface area contributed by atoms with Crippen molar-refractivity contribution >= 4 is 29.1 Å². The van der Waals surface area contributed by atoms with Crippen LogP contribution in [-0.2, 0) is 0 Å². The number of nitrogens with two attached hydrogens (primary N) is 1. The van der Waals surface area contributed by atoms with Crippen LogP contribution in [0, 0.1) is 11.3 Å². The normalized spacial score (nSPS) is 9.88. The minimum Gasteiger partial charge on any atom is -0.398 e. The molecular formula is C13H9ClN2S. The lowest BCUT2D eigenvalue weighted by atomic mass is 10.2. The second-order valence-corrected chi connectivity index (χ2v) is 4.92. The van der Waals surface area contributed by atoms with Crippen LogP contribution in [0.5, 0.6) is 0 Å². The van der Waals surface area contributed by atoms with E-state index in [4.69, 9.17) is 22.6 Å². The third kappa shape index (κ3) is 2.73. The fraction of sp³-hybridized carbons (Fsp3) is 0. The van der Waals surface area contributed by atoms with Gasteiger partial charge in [0.2, 0.25) is 0 Å². The molecule has 0 amide bonds. The molecule has 2 aromatic rings. The Morgan fingerprint density at radius 3 is 2.59 bits per heavy atom. The Balaban J connectivity index is 2.29. The van der Waals surface area contributed by atoms with Gasteiger partial charge in [0.15, 0.2) is 0 Å². The summed E-state index contributed by atoms with van der Waals surface area (Å²) in [5, 5.41) is 9.25. The Morgan fingerprint density at radius 2 is 1.94 bits per heavy atom. The largest absolute Gasteiger partial charge is 0.398 e. The number of anilines is 1. The van der Waals surface area contributed by atoms with Crippen LogP contribution in [0.2, 0.25) is 5.02 Å². The highest BCUT2D eigenvalue weighted by molar-refractivity contribution is 7.99. The molecule has 0 aromatic heterocycles. The molecule has 0 aliphatic rings. The van der Waals surface area contributed by atoms with Gasteiger partial charge in [0.05, 0.1) is 10.6 Å². The Morgan fingerprint density at radius 1 is 1.18 bits per heavy atom. The van der Waals surface area contributed by atoms with Crippen LogP contribution in [0.4, 0.5) is 5.69 Å². The van der Waals surface area contributed by atoms with Crippen molar-refractivity contribution in [3.05, 3.63) is 53.1 Å². The van der Waals surface area contributed by atoms with Gasteiger partial charge in [-0.3, -0.25) is 0 Å².